The minimum atomic E-state index is -0.328. The first kappa shape index (κ1) is 17.3. The van der Waals surface area contributed by atoms with Gasteiger partial charge in [0.05, 0.1) is 7.11 Å². The SMILES string of the molecule is COc1ccc(/C=C(\NC(=O)c2ccccc2)C(=O)N(C)C)cc1. The van der Waals surface area contributed by atoms with Gasteiger partial charge in [0.15, 0.2) is 0 Å². The van der Waals surface area contributed by atoms with Gasteiger partial charge in [-0.25, -0.2) is 0 Å². The second kappa shape index (κ2) is 7.97. The van der Waals surface area contributed by atoms with Crippen LogP contribution in [0.1, 0.15) is 15.9 Å². The first-order valence-corrected chi connectivity index (χ1v) is 7.45. The smallest absolute Gasteiger partial charge is 0.269 e. The molecule has 24 heavy (non-hydrogen) atoms. The molecule has 0 spiro atoms. The van der Waals surface area contributed by atoms with Crippen molar-refractivity contribution in [1.29, 1.82) is 0 Å². The summed E-state index contributed by atoms with van der Waals surface area (Å²) < 4.78 is 5.12. The minimum Gasteiger partial charge on any atom is -0.497 e. The van der Waals surface area contributed by atoms with E-state index in [1.807, 2.05) is 18.2 Å². The molecule has 5 heteroatoms. The van der Waals surface area contributed by atoms with Crippen LogP contribution in [-0.4, -0.2) is 37.9 Å². The summed E-state index contributed by atoms with van der Waals surface area (Å²) in [4.78, 5) is 26.1. The number of amides is 2. The van der Waals surface area contributed by atoms with E-state index in [0.29, 0.717) is 5.56 Å². The van der Waals surface area contributed by atoms with Gasteiger partial charge in [-0.05, 0) is 35.9 Å². The molecule has 0 aliphatic rings. The summed E-state index contributed by atoms with van der Waals surface area (Å²) in [5.41, 5.74) is 1.48. The molecule has 0 unspecified atom stereocenters. The van der Waals surface area contributed by atoms with Crippen molar-refractivity contribution in [3.63, 3.8) is 0 Å². The van der Waals surface area contributed by atoms with Gasteiger partial charge in [0, 0.05) is 19.7 Å². The molecule has 0 aliphatic carbocycles. The lowest BCUT2D eigenvalue weighted by Crippen LogP contribution is -2.34. The first-order chi connectivity index (χ1) is 11.5. The molecule has 0 saturated heterocycles. The Morgan fingerprint density at radius 1 is 1.00 bits per heavy atom. The standard InChI is InChI=1S/C19H20N2O3/c1-21(2)19(23)17(13-14-9-11-16(24-3)12-10-14)20-18(22)15-7-5-4-6-8-15/h4-13H,1-3H3,(H,20,22)/b17-13-. The summed E-state index contributed by atoms with van der Waals surface area (Å²) in [7, 11) is 4.86. The highest BCUT2D eigenvalue weighted by atomic mass is 16.5. The highest BCUT2D eigenvalue weighted by molar-refractivity contribution is 6.05. The summed E-state index contributed by atoms with van der Waals surface area (Å²) in [5.74, 6) is 0.113. The number of carbonyl (C=O) groups is 2. The van der Waals surface area contributed by atoms with Gasteiger partial charge in [-0.1, -0.05) is 30.3 Å². The Kier molecular flexibility index (Phi) is 5.73. The Morgan fingerprint density at radius 2 is 1.62 bits per heavy atom. The average Bonchev–Trinajstić information content (AvgIpc) is 2.61. The predicted octanol–water partition coefficient (Wildman–Crippen LogP) is 2.55. The highest BCUT2D eigenvalue weighted by Crippen LogP contribution is 2.14. The lowest BCUT2D eigenvalue weighted by molar-refractivity contribution is -0.124. The molecule has 2 aromatic carbocycles. The molecule has 2 amide bonds. The Balaban J connectivity index is 2.28. The molecule has 0 saturated carbocycles. The largest absolute Gasteiger partial charge is 0.497 e. The molecule has 0 radical (unpaired) electrons. The van der Waals surface area contributed by atoms with Gasteiger partial charge in [-0.3, -0.25) is 9.59 Å². The van der Waals surface area contributed by atoms with Crippen molar-refractivity contribution in [2.75, 3.05) is 21.2 Å². The molecule has 2 rings (SSSR count). The van der Waals surface area contributed by atoms with Crippen molar-refractivity contribution in [3.05, 3.63) is 71.4 Å². The van der Waals surface area contributed by atoms with Gasteiger partial charge >= 0.3 is 0 Å². The lowest BCUT2D eigenvalue weighted by Gasteiger charge is -2.15. The number of methoxy groups -OCH3 is 1. The van der Waals surface area contributed by atoms with Crippen LogP contribution in [0.25, 0.3) is 6.08 Å². The number of carbonyl (C=O) groups excluding carboxylic acids is 2. The number of ether oxygens (including phenoxy) is 1. The Bertz CT molecular complexity index is 735. The highest BCUT2D eigenvalue weighted by Gasteiger charge is 2.16. The summed E-state index contributed by atoms with van der Waals surface area (Å²) in [6.45, 7) is 0. The second-order valence-electron chi connectivity index (χ2n) is 5.35. The fraction of sp³-hybridized carbons (Fsp3) is 0.158. The molecule has 0 aromatic heterocycles. The maximum atomic E-state index is 12.4. The predicted molar refractivity (Wildman–Crippen MR) is 93.6 cm³/mol. The maximum Gasteiger partial charge on any atom is 0.269 e. The fourth-order valence-electron chi connectivity index (χ4n) is 2.04. The molecule has 2 aromatic rings. The minimum absolute atomic E-state index is 0.207. The lowest BCUT2D eigenvalue weighted by atomic mass is 10.1. The molecule has 1 N–H and O–H groups in total. The number of hydrogen-bond donors (Lipinski definition) is 1. The van der Waals surface area contributed by atoms with Crippen molar-refractivity contribution in [1.82, 2.24) is 10.2 Å². The van der Waals surface area contributed by atoms with Gasteiger partial charge < -0.3 is 15.0 Å². The Morgan fingerprint density at radius 3 is 2.17 bits per heavy atom. The fourth-order valence-corrected chi connectivity index (χ4v) is 2.04. The van der Waals surface area contributed by atoms with Gasteiger partial charge in [-0.15, -0.1) is 0 Å². The van der Waals surface area contributed by atoms with E-state index in [4.69, 9.17) is 4.74 Å². The summed E-state index contributed by atoms with van der Waals surface area (Å²) >= 11 is 0. The third-order valence-electron chi connectivity index (χ3n) is 3.35. The molecular formula is C19H20N2O3. The van der Waals surface area contributed by atoms with Crippen LogP contribution in [0.2, 0.25) is 0 Å². The van der Waals surface area contributed by atoms with Crippen molar-refractivity contribution in [2.24, 2.45) is 0 Å². The average molecular weight is 324 g/mol. The van der Waals surface area contributed by atoms with E-state index in [1.54, 1.807) is 63.7 Å². The van der Waals surface area contributed by atoms with Crippen LogP contribution in [0.15, 0.2) is 60.3 Å². The van der Waals surface area contributed by atoms with Crippen LogP contribution in [0, 0.1) is 0 Å². The van der Waals surface area contributed by atoms with Gasteiger partial charge in [0.25, 0.3) is 11.8 Å². The monoisotopic (exact) mass is 324 g/mol. The van der Waals surface area contributed by atoms with E-state index < -0.39 is 0 Å². The summed E-state index contributed by atoms with van der Waals surface area (Å²) in [6, 6.07) is 16.0. The number of hydrogen-bond acceptors (Lipinski definition) is 3. The first-order valence-electron chi connectivity index (χ1n) is 7.45. The third kappa shape index (κ3) is 4.46. The van der Waals surface area contributed by atoms with E-state index in [0.717, 1.165) is 11.3 Å². The van der Waals surface area contributed by atoms with E-state index in [-0.39, 0.29) is 17.5 Å². The Hall–Kier alpha value is -3.08. The number of nitrogens with one attached hydrogen (secondary N) is 1. The van der Waals surface area contributed by atoms with Crippen molar-refractivity contribution < 1.29 is 14.3 Å². The number of benzene rings is 2. The van der Waals surface area contributed by atoms with Gasteiger partial charge in [0.1, 0.15) is 11.4 Å². The zero-order valence-corrected chi connectivity index (χ0v) is 13.9. The maximum absolute atomic E-state index is 12.4. The van der Waals surface area contributed by atoms with Crippen LogP contribution < -0.4 is 10.1 Å². The summed E-state index contributed by atoms with van der Waals surface area (Å²) in [6.07, 6.45) is 1.64. The van der Waals surface area contributed by atoms with Gasteiger partial charge in [0.2, 0.25) is 0 Å². The molecule has 124 valence electrons. The molecule has 0 fully saturated rings. The normalized spacial score (nSPS) is 10.9. The van der Waals surface area contributed by atoms with E-state index in [1.165, 1.54) is 4.90 Å². The zero-order chi connectivity index (χ0) is 17.5. The van der Waals surface area contributed by atoms with Gasteiger partial charge in [-0.2, -0.15) is 0 Å². The molecule has 0 aliphatic heterocycles. The molecule has 0 atom stereocenters. The molecule has 0 bridgehead atoms. The van der Waals surface area contributed by atoms with Crippen molar-refractivity contribution >= 4 is 17.9 Å². The van der Waals surface area contributed by atoms with E-state index in [2.05, 4.69) is 5.32 Å². The zero-order valence-electron chi connectivity index (χ0n) is 13.9. The molecule has 0 heterocycles. The number of nitrogens with zero attached hydrogens (tertiary/aromatic N) is 1. The summed E-state index contributed by atoms with van der Waals surface area (Å²) in [5, 5.41) is 2.69. The second-order valence-corrected chi connectivity index (χ2v) is 5.35. The Labute approximate surface area is 141 Å². The van der Waals surface area contributed by atoms with Crippen LogP contribution in [0.5, 0.6) is 5.75 Å². The van der Waals surface area contributed by atoms with Crippen LogP contribution >= 0.6 is 0 Å². The van der Waals surface area contributed by atoms with Crippen molar-refractivity contribution in [2.45, 2.75) is 0 Å². The van der Waals surface area contributed by atoms with Crippen LogP contribution in [-0.2, 0) is 4.79 Å². The van der Waals surface area contributed by atoms with E-state index in [9.17, 15) is 9.59 Å². The molecular weight excluding hydrogens is 304 g/mol. The van der Waals surface area contributed by atoms with Crippen LogP contribution in [0.4, 0.5) is 0 Å². The quantitative estimate of drug-likeness (QED) is 0.860. The number of likely N-dealkylation sites (N-methyl/N-ethyl adjacent to an activating group) is 1. The molecule has 5 nitrogen and oxygen atoms in total. The third-order valence-corrected chi connectivity index (χ3v) is 3.35. The topological polar surface area (TPSA) is 58.6 Å². The number of rotatable bonds is 5. The van der Waals surface area contributed by atoms with Crippen molar-refractivity contribution in [3.8, 4) is 5.75 Å². The van der Waals surface area contributed by atoms with Crippen LogP contribution in [0.3, 0.4) is 0 Å². The van der Waals surface area contributed by atoms with E-state index >= 15 is 0 Å².